The Labute approximate surface area is 434 Å². The maximum Gasteiger partial charge on any atom is 0.231 e. The van der Waals surface area contributed by atoms with Gasteiger partial charge in [-0.3, -0.25) is 4.79 Å². The number of para-hydroxylation sites is 8. The van der Waals surface area contributed by atoms with E-state index in [0.717, 1.165) is 27.7 Å². The van der Waals surface area contributed by atoms with E-state index in [1.807, 2.05) is 164 Å². The number of carbonyl (C=O) groups excluding carboxylic acids is 1. The highest BCUT2D eigenvalue weighted by atomic mass is 16.4. The SMILES string of the molecule is O=C1c2cc(N=Nc3c(O)c(-c4nc5ccccc5o4)cc4cc(-c5nc6ccccc6o5)ccc34)ccc2CC2C=CC(N=Nc3c(O)c(-c4nc5ccccc5o4)cc4cc(-c5nc6ccccc6o5)ccc34)=CC12. The largest absolute Gasteiger partial charge is 0.505 e. The number of rotatable bonds is 8. The van der Waals surface area contributed by atoms with Crippen LogP contribution in [0.1, 0.15) is 15.9 Å². The maximum atomic E-state index is 14.6. The number of allylic oxidation sites excluding steroid dienone is 3. The molecule has 2 aliphatic rings. The molecule has 0 radical (unpaired) electrons. The number of benzene rings is 9. The number of phenols is 2. The summed E-state index contributed by atoms with van der Waals surface area (Å²) < 4.78 is 24.5. The number of phenolic OH excluding ortho intramolecular Hbond substituents is 2. The highest BCUT2D eigenvalue weighted by molar-refractivity contribution is 6.04. The zero-order valence-electron chi connectivity index (χ0n) is 40.2. The maximum absolute atomic E-state index is 14.6. The summed E-state index contributed by atoms with van der Waals surface area (Å²) in [5.41, 5.74) is 9.89. The average Bonchev–Trinajstić information content (AvgIpc) is 4.31. The van der Waals surface area contributed by atoms with E-state index in [2.05, 4.69) is 30.4 Å². The predicted molar refractivity (Wildman–Crippen MR) is 291 cm³/mol. The molecule has 9 aromatic carbocycles. The lowest BCUT2D eigenvalue weighted by Gasteiger charge is -2.30. The van der Waals surface area contributed by atoms with Gasteiger partial charge in [-0.15, -0.1) is 10.2 Å². The monoisotopic (exact) mass is 1000 g/mol. The van der Waals surface area contributed by atoms with Gasteiger partial charge in [0, 0.05) is 33.4 Å². The predicted octanol–water partition coefficient (Wildman–Crippen LogP) is 16.3. The molecule has 0 aliphatic heterocycles. The Bertz CT molecular complexity index is 4640. The zero-order chi connectivity index (χ0) is 51.3. The van der Waals surface area contributed by atoms with Gasteiger partial charge >= 0.3 is 0 Å². The summed E-state index contributed by atoms with van der Waals surface area (Å²) in [5, 5.41) is 45.2. The van der Waals surface area contributed by atoms with Gasteiger partial charge in [0.1, 0.15) is 33.4 Å². The van der Waals surface area contributed by atoms with E-state index in [1.165, 1.54) is 0 Å². The molecule has 0 bridgehead atoms. The van der Waals surface area contributed by atoms with E-state index in [9.17, 15) is 15.0 Å². The number of hydrogen-bond acceptors (Lipinski definition) is 15. The van der Waals surface area contributed by atoms with Gasteiger partial charge in [-0.05, 0) is 138 Å². The molecule has 77 heavy (non-hydrogen) atoms. The summed E-state index contributed by atoms with van der Waals surface area (Å²) >= 11 is 0. The lowest BCUT2D eigenvalue weighted by molar-refractivity contribution is 0.0907. The average molecular weight is 1010 g/mol. The van der Waals surface area contributed by atoms with Gasteiger partial charge in [0.05, 0.1) is 22.5 Å². The highest BCUT2D eigenvalue weighted by Crippen LogP contribution is 2.48. The van der Waals surface area contributed by atoms with Crippen LogP contribution < -0.4 is 0 Å². The van der Waals surface area contributed by atoms with Crippen molar-refractivity contribution in [2.45, 2.75) is 6.42 Å². The summed E-state index contributed by atoms with van der Waals surface area (Å²) in [4.78, 5) is 33.3. The molecule has 0 spiro atoms. The van der Waals surface area contributed by atoms with E-state index in [4.69, 9.17) is 27.6 Å². The first-order valence-corrected chi connectivity index (χ1v) is 24.8. The number of carbonyl (C=O) groups is 1. The van der Waals surface area contributed by atoms with Crippen LogP contribution in [0.2, 0.25) is 0 Å². The first-order chi connectivity index (χ1) is 37.8. The van der Waals surface area contributed by atoms with E-state index in [0.29, 0.717) is 101 Å². The molecule has 15 nitrogen and oxygen atoms in total. The summed E-state index contributed by atoms with van der Waals surface area (Å²) in [6.07, 6.45) is 6.25. The fourth-order valence-corrected chi connectivity index (χ4v) is 10.4. The molecule has 15 rings (SSSR count). The quantitative estimate of drug-likeness (QED) is 0.137. The van der Waals surface area contributed by atoms with Crippen molar-refractivity contribution >= 4 is 88.8 Å². The topological polar surface area (TPSA) is 211 Å². The molecule has 15 heteroatoms. The zero-order valence-corrected chi connectivity index (χ0v) is 40.2. The van der Waals surface area contributed by atoms with Crippen molar-refractivity contribution in [1.82, 2.24) is 19.9 Å². The van der Waals surface area contributed by atoms with Crippen LogP contribution in [0, 0.1) is 11.8 Å². The van der Waals surface area contributed by atoms with Crippen molar-refractivity contribution in [3.8, 4) is 57.3 Å². The molecule has 13 aromatic rings. The first-order valence-electron chi connectivity index (χ1n) is 24.8. The van der Waals surface area contributed by atoms with Crippen LogP contribution in [-0.4, -0.2) is 35.9 Å². The van der Waals surface area contributed by atoms with Gasteiger partial charge in [0.25, 0.3) is 0 Å². The highest BCUT2D eigenvalue weighted by Gasteiger charge is 2.35. The number of oxazole rings is 4. The Morgan fingerprint density at radius 2 is 0.935 bits per heavy atom. The Morgan fingerprint density at radius 3 is 1.44 bits per heavy atom. The molecule has 366 valence electrons. The lowest BCUT2D eigenvalue weighted by Crippen LogP contribution is -2.30. The van der Waals surface area contributed by atoms with Gasteiger partial charge in [-0.25, -0.2) is 19.9 Å². The molecule has 2 N–H and O–H groups in total. The Morgan fingerprint density at radius 1 is 0.468 bits per heavy atom. The summed E-state index contributed by atoms with van der Waals surface area (Å²) in [5.74, 6) is 0.166. The number of ketones is 1. The smallest absolute Gasteiger partial charge is 0.231 e. The van der Waals surface area contributed by atoms with Gasteiger partial charge in [-0.2, -0.15) is 10.2 Å². The van der Waals surface area contributed by atoms with Crippen LogP contribution in [-0.2, 0) is 6.42 Å². The number of nitrogens with zero attached hydrogens (tertiary/aromatic N) is 8. The molecule has 0 amide bonds. The third-order valence-electron chi connectivity index (χ3n) is 14.3. The molecule has 4 heterocycles. The Kier molecular flexibility index (Phi) is 9.81. The molecular formula is C62H36N8O7. The van der Waals surface area contributed by atoms with E-state index in [-0.39, 0.29) is 46.4 Å². The second kappa shape index (κ2) is 17.2. The van der Waals surface area contributed by atoms with Crippen molar-refractivity contribution in [2.24, 2.45) is 32.3 Å². The number of aromatic hydroxyl groups is 2. The molecule has 0 saturated carbocycles. The molecule has 2 atom stereocenters. The fourth-order valence-electron chi connectivity index (χ4n) is 10.4. The number of hydrogen-bond donors (Lipinski definition) is 2. The third-order valence-corrected chi connectivity index (χ3v) is 14.3. The van der Waals surface area contributed by atoms with Crippen molar-refractivity contribution in [3.05, 3.63) is 199 Å². The number of Topliss-reactive ketones (excluding diaryl/α,β-unsaturated/α-hetero) is 1. The van der Waals surface area contributed by atoms with Crippen LogP contribution in [0.3, 0.4) is 0 Å². The van der Waals surface area contributed by atoms with Crippen molar-refractivity contribution < 1.29 is 32.7 Å². The van der Waals surface area contributed by atoms with Gasteiger partial charge in [0.15, 0.2) is 39.6 Å². The van der Waals surface area contributed by atoms with E-state index in [1.54, 1.807) is 18.2 Å². The number of azo groups is 2. The molecule has 4 aromatic heterocycles. The Balaban J connectivity index is 0.763. The minimum atomic E-state index is -0.555. The summed E-state index contributed by atoms with van der Waals surface area (Å²) in [7, 11) is 0. The minimum absolute atomic E-state index is 0.110. The first kappa shape index (κ1) is 43.9. The van der Waals surface area contributed by atoms with Gasteiger partial charge in [0.2, 0.25) is 23.6 Å². The lowest BCUT2D eigenvalue weighted by atomic mass is 9.73. The summed E-state index contributed by atoms with van der Waals surface area (Å²) in [6.45, 7) is 0. The second-order valence-electron chi connectivity index (χ2n) is 19.0. The molecule has 2 aliphatic carbocycles. The molecular weight excluding hydrogens is 969 g/mol. The molecule has 2 unspecified atom stereocenters. The van der Waals surface area contributed by atoms with Crippen LogP contribution in [0.4, 0.5) is 17.1 Å². The molecule has 0 fully saturated rings. The number of fused-ring (bicyclic) bond motifs is 8. The standard InChI is InChI=1S/C62H36N8O7/c71-56-42-30-38(67-69-54-40-23-19-34(59-63-46-9-1-5-13-50(46)74-59)26-36(40)28-44(57(54)72)61-65-48-11-3-7-15-52(48)76-61)21-17-32(42)25-33-18-22-39(31-43(33)56)68-70-55-41-24-20-35(60-64-47-10-2-6-14-51(47)75-60)27-37(41)29-45(58(55)73)62-66-49-12-4-8-16-53(49)77-62/h1-24,26-32,42,72-73H,25H2. The normalized spacial score (nSPS) is 15.5. The van der Waals surface area contributed by atoms with Gasteiger partial charge in [-0.1, -0.05) is 72.8 Å². The van der Waals surface area contributed by atoms with E-state index >= 15 is 0 Å². The minimum Gasteiger partial charge on any atom is -0.505 e. The molecule has 0 saturated heterocycles. The third kappa shape index (κ3) is 7.47. The van der Waals surface area contributed by atoms with Crippen LogP contribution in [0.25, 0.3) is 112 Å². The van der Waals surface area contributed by atoms with Crippen LogP contribution in [0.15, 0.2) is 226 Å². The fraction of sp³-hybridized carbons (Fsp3) is 0.0484. The van der Waals surface area contributed by atoms with Gasteiger partial charge < -0.3 is 27.9 Å². The Hall–Kier alpha value is -10.7. The van der Waals surface area contributed by atoms with Crippen molar-refractivity contribution in [3.63, 3.8) is 0 Å². The summed E-state index contributed by atoms with van der Waals surface area (Å²) in [6, 6.07) is 50.2. The van der Waals surface area contributed by atoms with Crippen LogP contribution >= 0.6 is 0 Å². The van der Waals surface area contributed by atoms with Crippen molar-refractivity contribution in [1.29, 1.82) is 0 Å². The van der Waals surface area contributed by atoms with E-state index < -0.39 is 5.92 Å². The van der Waals surface area contributed by atoms with Crippen molar-refractivity contribution in [2.75, 3.05) is 0 Å². The number of aromatic nitrogens is 4. The van der Waals surface area contributed by atoms with Crippen LogP contribution in [0.5, 0.6) is 11.5 Å². The second-order valence-corrected chi connectivity index (χ2v) is 19.0.